The average Bonchev–Trinajstić information content (AvgIpc) is 3.10. The predicted octanol–water partition coefficient (Wildman–Crippen LogP) is 3.96. The number of aromatic hydroxyl groups is 1. The highest BCUT2D eigenvalue weighted by molar-refractivity contribution is 5.90. The summed E-state index contributed by atoms with van der Waals surface area (Å²) in [5.41, 5.74) is 1.58. The van der Waals surface area contributed by atoms with Crippen LogP contribution in [0, 0.1) is 11.6 Å². The summed E-state index contributed by atoms with van der Waals surface area (Å²) in [6, 6.07) is 9.07. The van der Waals surface area contributed by atoms with E-state index in [0.717, 1.165) is 18.8 Å². The summed E-state index contributed by atoms with van der Waals surface area (Å²) in [7, 11) is 1.68. The molecule has 1 aliphatic rings. The molecule has 4 aromatic rings. The van der Waals surface area contributed by atoms with E-state index in [2.05, 4.69) is 34.1 Å². The van der Waals surface area contributed by atoms with Crippen LogP contribution in [0.3, 0.4) is 0 Å². The van der Waals surface area contributed by atoms with E-state index in [1.165, 1.54) is 10.7 Å². The molecular weight excluding hydrogens is 400 g/mol. The van der Waals surface area contributed by atoms with Crippen LogP contribution in [0.1, 0.15) is 13.8 Å². The number of hydrogen-bond donors (Lipinski definition) is 2. The van der Waals surface area contributed by atoms with Crippen LogP contribution in [-0.2, 0) is 7.05 Å². The van der Waals surface area contributed by atoms with E-state index in [0.29, 0.717) is 28.6 Å². The first-order valence-electron chi connectivity index (χ1n) is 10.3. The maximum Gasteiger partial charge on any atom is 0.193 e. The van der Waals surface area contributed by atoms with Gasteiger partial charge in [0.2, 0.25) is 0 Å². The molecular formula is C23H23F2N5O. The van der Waals surface area contributed by atoms with Crippen molar-refractivity contribution in [1.29, 1.82) is 0 Å². The molecule has 5 rings (SSSR count). The Balaban J connectivity index is 1.59. The summed E-state index contributed by atoms with van der Waals surface area (Å²) in [5, 5.41) is 19.1. The van der Waals surface area contributed by atoms with E-state index in [4.69, 9.17) is 0 Å². The number of nitrogens with one attached hydrogen (secondary N) is 1. The van der Waals surface area contributed by atoms with Gasteiger partial charge < -0.3 is 15.3 Å². The summed E-state index contributed by atoms with van der Waals surface area (Å²) in [4.78, 5) is 6.58. The average molecular weight is 423 g/mol. The van der Waals surface area contributed by atoms with Gasteiger partial charge in [0, 0.05) is 60.4 Å². The first kappa shape index (κ1) is 19.7. The molecule has 0 spiro atoms. The molecule has 2 N–H and O–H groups in total. The molecule has 8 heteroatoms. The van der Waals surface area contributed by atoms with Crippen LogP contribution in [0.5, 0.6) is 5.75 Å². The second kappa shape index (κ2) is 7.16. The molecule has 0 bridgehead atoms. The fourth-order valence-corrected chi connectivity index (χ4v) is 4.48. The van der Waals surface area contributed by atoms with E-state index >= 15 is 4.39 Å². The van der Waals surface area contributed by atoms with Gasteiger partial charge in [0.25, 0.3) is 0 Å². The third-order valence-corrected chi connectivity index (χ3v) is 5.76. The topological polar surface area (TPSA) is 66.2 Å². The SMILES string of the molecule is C[C@@H]1CN(c2cc(F)c3nc(-c4cc5cn(C)nc5c(F)c4O)ccc3c2)C[C@H](C)N1. The van der Waals surface area contributed by atoms with Crippen LogP contribution >= 0.6 is 0 Å². The molecule has 1 saturated heterocycles. The van der Waals surface area contributed by atoms with Crippen molar-refractivity contribution in [2.45, 2.75) is 25.9 Å². The first-order chi connectivity index (χ1) is 14.8. The van der Waals surface area contributed by atoms with E-state index < -0.39 is 17.4 Å². The van der Waals surface area contributed by atoms with E-state index in [9.17, 15) is 9.50 Å². The summed E-state index contributed by atoms with van der Waals surface area (Å²) in [5.74, 6) is -1.80. The number of phenolic OH excluding ortho intramolecular Hbond substituents is 1. The van der Waals surface area contributed by atoms with Crippen LogP contribution in [-0.4, -0.2) is 45.0 Å². The minimum absolute atomic E-state index is 0.0832. The monoisotopic (exact) mass is 423 g/mol. The Hall–Kier alpha value is -3.26. The molecule has 0 aliphatic carbocycles. The van der Waals surface area contributed by atoms with Gasteiger partial charge in [-0.25, -0.2) is 13.8 Å². The van der Waals surface area contributed by atoms with Gasteiger partial charge in [-0.05, 0) is 38.1 Å². The fourth-order valence-electron chi connectivity index (χ4n) is 4.48. The zero-order valence-electron chi connectivity index (χ0n) is 17.5. The third kappa shape index (κ3) is 3.37. The molecule has 160 valence electrons. The van der Waals surface area contributed by atoms with E-state index in [1.807, 2.05) is 6.07 Å². The quantitative estimate of drug-likeness (QED) is 0.511. The fraction of sp³-hybridized carbons (Fsp3) is 0.304. The molecule has 2 aromatic carbocycles. The number of pyridine rings is 1. The van der Waals surface area contributed by atoms with Gasteiger partial charge in [0.15, 0.2) is 17.4 Å². The van der Waals surface area contributed by atoms with Crippen molar-refractivity contribution in [3.8, 4) is 17.0 Å². The number of piperazine rings is 1. The van der Waals surface area contributed by atoms with Crippen LogP contribution in [0.2, 0.25) is 0 Å². The minimum atomic E-state index is -0.812. The summed E-state index contributed by atoms with van der Waals surface area (Å²) in [6.45, 7) is 5.80. The second-order valence-corrected chi connectivity index (χ2v) is 8.40. The summed E-state index contributed by atoms with van der Waals surface area (Å²) in [6.07, 6.45) is 1.66. The Labute approximate surface area is 178 Å². The van der Waals surface area contributed by atoms with Gasteiger partial charge in [-0.1, -0.05) is 6.07 Å². The largest absolute Gasteiger partial charge is 0.504 e. The van der Waals surface area contributed by atoms with Crippen molar-refractivity contribution in [3.63, 3.8) is 0 Å². The zero-order valence-corrected chi connectivity index (χ0v) is 17.5. The standard InChI is InChI=1S/C23H23F2N5O/c1-12-9-30(10-13(2)26-12)16-6-14-4-5-19(27-21(14)18(24)8-16)17-7-15-11-29(3)28-22(15)20(25)23(17)31/h4-8,11-13,26,31H,9-10H2,1-3H3/t12-,13+. The zero-order chi connectivity index (χ0) is 21.9. The molecule has 6 nitrogen and oxygen atoms in total. The number of nitrogens with zero attached hydrogens (tertiary/aromatic N) is 4. The molecule has 1 fully saturated rings. The molecule has 31 heavy (non-hydrogen) atoms. The van der Waals surface area contributed by atoms with Crippen molar-refractivity contribution in [1.82, 2.24) is 20.1 Å². The number of halogens is 2. The normalized spacial score (nSPS) is 19.5. The molecule has 0 saturated carbocycles. The second-order valence-electron chi connectivity index (χ2n) is 8.40. The van der Waals surface area contributed by atoms with Crippen molar-refractivity contribution in [2.75, 3.05) is 18.0 Å². The van der Waals surface area contributed by atoms with Gasteiger partial charge in [-0.3, -0.25) is 4.68 Å². The smallest absolute Gasteiger partial charge is 0.193 e. The molecule has 0 amide bonds. The van der Waals surface area contributed by atoms with Gasteiger partial charge >= 0.3 is 0 Å². The van der Waals surface area contributed by atoms with Crippen molar-refractivity contribution in [2.24, 2.45) is 7.05 Å². The van der Waals surface area contributed by atoms with Crippen LogP contribution < -0.4 is 10.2 Å². The Morgan fingerprint density at radius 1 is 1.03 bits per heavy atom. The summed E-state index contributed by atoms with van der Waals surface area (Å²) < 4.78 is 31.2. The Kier molecular flexibility index (Phi) is 4.55. The lowest BCUT2D eigenvalue weighted by molar-refractivity contribution is 0.407. The molecule has 0 unspecified atom stereocenters. The number of anilines is 1. The highest BCUT2D eigenvalue weighted by Gasteiger charge is 2.23. The van der Waals surface area contributed by atoms with Gasteiger partial charge in [0.05, 0.1) is 5.69 Å². The molecule has 2 aromatic heterocycles. The Morgan fingerprint density at radius 3 is 2.52 bits per heavy atom. The number of fused-ring (bicyclic) bond motifs is 2. The number of hydrogen-bond acceptors (Lipinski definition) is 5. The molecule has 2 atom stereocenters. The number of aromatic nitrogens is 3. The third-order valence-electron chi connectivity index (χ3n) is 5.76. The lowest BCUT2D eigenvalue weighted by atomic mass is 10.0. The summed E-state index contributed by atoms with van der Waals surface area (Å²) >= 11 is 0. The van der Waals surface area contributed by atoms with Crippen LogP contribution in [0.25, 0.3) is 33.1 Å². The predicted molar refractivity (Wildman–Crippen MR) is 117 cm³/mol. The number of phenols is 1. The number of rotatable bonds is 2. The van der Waals surface area contributed by atoms with Gasteiger partial charge in [-0.15, -0.1) is 0 Å². The van der Waals surface area contributed by atoms with Gasteiger partial charge in [-0.2, -0.15) is 5.10 Å². The molecule has 0 radical (unpaired) electrons. The minimum Gasteiger partial charge on any atom is -0.504 e. The Bertz CT molecular complexity index is 1310. The lowest BCUT2D eigenvalue weighted by Crippen LogP contribution is -2.54. The number of aryl methyl sites for hydroxylation is 1. The first-order valence-corrected chi connectivity index (χ1v) is 10.3. The highest BCUT2D eigenvalue weighted by atomic mass is 19.1. The van der Waals surface area contributed by atoms with E-state index in [-0.39, 0.29) is 16.6 Å². The molecule has 3 heterocycles. The Morgan fingerprint density at radius 2 is 1.77 bits per heavy atom. The van der Waals surface area contributed by atoms with E-state index in [1.54, 1.807) is 31.4 Å². The maximum absolute atomic E-state index is 15.1. The van der Waals surface area contributed by atoms with Crippen molar-refractivity contribution < 1.29 is 13.9 Å². The lowest BCUT2D eigenvalue weighted by Gasteiger charge is -2.37. The maximum atomic E-state index is 15.1. The number of benzene rings is 2. The van der Waals surface area contributed by atoms with Crippen LogP contribution in [0.15, 0.2) is 36.5 Å². The highest BCUT2D eigenvalue weighted by Crippen LogP contribution is 2.36. The van der Waals surface area contributed by atoms with Crippen molar-refractivity contribution in [3.05, 3.63) is 48.2 Å². The van der Waals surface area contributed by atoms with Gasteiger partial charge in [0.1, 0.15) is 11.0 Å². The van der Waals surface area contributed by atoms with Crippen LogP contribution in [0.4, 0.5) is 14.5 Å². The molecule has 1 aliphatic heterocycles. The van der Waals surface area contributed by atoms with Crippen molar-refractivity contribution >= 4 is 27.5 Å².